The van der Waals surface area contributed by atoms with Crippen molar-refractivity contribution in [3.63, 3.8) is 0 Å². The Morgan fingerprint density at radius 1 is 0.638 bits per heavy atom. The van der Waals surface area contributed by atoms with Crippen molar-refractivity contribution in [1.82, 2.24) is 10.0 Å². The average molecular weight is 643 g/mol. The van der Waals surface area contributed by atoms with Gasteiger partial charge in [0.2, 0.25) is 15.9 Å². The number of sulfonamides is 1. The molecule has 0 aliphatic carbocycles. The molecule has 1 amide bonds. The minimum absolute atomic E-state index is 0.00149. The van der Waals surface area contributed by atoms with E-state index < -0.39 is 34.0 Å². The second-order valence-corrected chi connectivity index (χ2v) is 12.9. The highest BCUT2D eigenvalue weighted by Gasteiger charge is 2.29. The Bertz CT molecular complexity index is 1980. The summed E-state index contributed by atoms with van der Waals surface area (Å²) in [6, 6.07) is 37.9. The summed E-state index contributed by atoms with van der Waals surface area (Å²) in [5.41, 5.74) is 6.14. The molecule has 47 heavy (non-hydrogen) atoms. The van der Waals surface area contributed by atoms with Gasteiger partial charge in [0.25, 0.3) is 0 Å². The van der Waals surface area contributed by atoms with Gasteiger partial charge in [0.15, 0.2) is 0 Å². The first-order valence-corrected chi connectivity index (χ1v) is 16.6. The van der Waals surface area contributed by atoms with Crippen molar-refractivity contribution in [3.05, 3.63) is 161 Å². The lowest BCUT2D eigenvalue weighted by Crippen LogP contribution is -2.53. The summed E-state index contributed by atoms with van der Waals surface area (Å²) >= 11 is 0. The molecule has 8 heteroatoms. The molecule has 5 rings (SSSR count). The van der Waals surface area contributed by atoms with Crippen LogP contribution in [0.5, 0.6) is 0 Å². The average Bonchev–Trinajstić information content (AvgIpc) is 3.08. The molecule has 236 valence electrons. The Morgan fingerprint density at radius 2 is 1.13 bits per heavy atom. The quantitative estimate of drug-likeness (QED) is 0.159. The lowest BCUT2D eigenvalue weighted by atomic mass is 10.0. The van der Waals surface area contributed by atoms with Crippen molar-refractivity contribution in [2.45, 2.75) is 36.7 Å². The van der Waals surface area contributed by atoms with E-state index in [1.54, 1.807) is 60.7 Å². The van der Waals surface area contributed by atoms with Gasteiger partial charge in [0.1, 0.15) is 12.1 Å². The van der Waals surface area contributed by atoms with Crippen LogP contribution in [-0.4, -0.2) is 37.5 Å². The van der Waals surface area contributed by atoms with Gasteiger partial charge in [-0.1, -0.05) is 114 Å². The fourth-order valence-corrected chi connectivity index (χ4v) is 6.16. The number of nitrogens with one attached hydrogen (secondary N) is 2. The third kappa shape index (κ3) is 9.27. The minimum Gasteiger partial charge on any atom is -0.480 e. The summed E-state index contributed by atoms with van der Waals surface area (Å²) in [4.78, 5) is 25.7. The van der Waals surface area contributed by atoms with Crippen LogP contribution in [0.25, 0.3) is 11.1 Å². The Hall–Kier alpha value is -5.49. The molecular weight excluding hydrogens is 609 g/mol. The summed E-state index contributed by atoms with van der Waals surface area (Å²) < 4.78 is 28.9. The van der Waals surface area contributed by atoms with E-state index in [-0.39, 0.29) is 17.7 Å². The van der Waals surface area contributed by atoms with Crippen LogP contribution in [0.2, 0.25) is 0 Å². The Kier molecular flexibility index (Phi) is 10.6. The first kappa shape index (κ1) is 32.9. The molecule has 0 heterocycles. The number of aryl methyl sites for hydroxylation is 1. The number of rotatable bonds is 11. The molecule has 0 aromatic heterocycles. The van der Waals surface area contributed by atoms with Gasteiger partial charge in [0, 0.05) is 17.5 Å². The highest BCUT2D eigenvalue weighted by Crippen LogP contribution is 2.19. The third-order valence-corrected chi connectivity index (χ3v) is 9.07. The molecular formula is C39H34N2O5S. The standard InChI is InChI=1S/C39H34N2O5S/c1-28-12-24-35(25-13-28)47(45,46)41-36(26-31-8-4-2-5-9-31)38(42)40-37(39(43)44)27-32-18-16-29(17-19-32)14-15-30-20-22-34(23-21-30)33-10-6-3-7-11-33/h2-13,16-25,36-37,41H,26-27H2,1H3,(H,40,42)(H,43,44). The maximum Gasteiger partial charge on any atom is 0.326 e. The van der Waals surface area contributed by atoms with Crippen molar-refractivity contribution >= 4 is 21.9 Å². The molecule has 0 bridgehead atoms. The zero-order valence-electron chi connectivity index (χ0n) is 25.8. The number of benzene rings is 5. The lowest BCUT2D eigenvalue weighted by molar-refractivity contribution is -0.142. The van der Waals surface area contributed by atoms with Crippen molar-refractivity contribution in [3.8, 4) is 23.0 Å². The smallest absolute Gasteiger partial charge is 0.326 e. The molecule has 0 saturated carbocycles. The molecule has 5 aromatic carbocycles. The van der Waals surface area contributed by atoms with Crippen LogP contribution < -0.4 is 10.0 Å². The maximum atomic E-state index is 13.5. The molecule has 0 spiro atoms. The molecule has 0 aliphatic rings. The second-order valence-electron chi connectivity index (χ2n) is 11.2. The summed E-state index contributed by atoms with van der Waals surface area (Å²) in [6.07, 6.45) is 0.0327. The molecule has 0 fully saturated rings. The van der Waals surface area contributed by atoms with E-state index >= 15 is 0 Å². The minimum atomic E-state index is -4.07. The van der Waals surface area contributed by atoms with Gasteiger partial charge >= 0.3 is 5.97 Å². The van der Waals surface area contributed by atoms with Gasteiger partial charge < -0.3 is 10.4 Å². The molecule has 0 radical (unpaired) electrons. The summed E-state index contributed by atoms with van der Waals surface area (Å²) in [5.74, 6) is 4.31. The van der Waals surface area contributed by atoms with E-state index in [1.807, 2.05) is 55.5 Å². The number of carboxylic acid groups (broad SMARTS) is 1. The number of carbonyl (C=O) groups is 2. The zero-order chi connectivity index (χ0) is 33.2. The van der Waals surface area contributed by atoms with Crippen LogP contribution in [-0.2, 0) is 32.5 Å². The van der Waals surface area contributed by atoms with Gasteiger partial charge in [0.05, 0.1) is 4.90 Å². The molecule has 7 nitrogen and oxygen atoms in total. The van der Waals surface area contributed by atoms with E-state index in [2.05, 4.69) is 34.0 Å². The van der Waals surface area contributed by atoms with Crippen molar-refractivity contribution in [1.29, 1.82) is 0 Å². The van der Waals surface area contributed by atoms with E-state index in [0.717, 1.165) is 33.4 Å². The summed E-state index contributed by atoms with van der Waals surface area (Å²) in [7, 11) is -4.07. The van der Waals surface area contributed by atoms with Crippen molar-refractivity contribution < 1.29 is 23.1 Å². The number of aliphatic carboxylic acids is 1. The number of carbonyl (C=O) groups excluding carboxylic acids is 1. The molecule has 0 saturated heterocycles. The van der Waals surface area contributed by atoms with E-state index in [4.69, 9.17) is 0 Å². The fraction of sp³-hybridized carbons (Fsp3) is 0.128. The monoisotopic (exact) mass is 642 g/mol. The Morgan fingerprint density at radius 3 is 1.70 bits per heavy atom. The molecule has 2 atom stereocenters. The third-order valence-electron chi connectivity index (χ3n) is 7.58. The topological polar surface area (TPSA) is 113 Å². The predicted octanol–water partition coefficient (Wildman–Crippen LogP) is 5.76. The van der Waals surface area contributed by atoms with Crippen molar-refractivity contribution in [2.24, 2.45) is 0 Å². The molecule has 2 unspecified atom stereocenters. The zero-order valence-corrected chi connectivity index (χ0v) is 26.6. The van der Waals surface area contributed by atoms with Gasteiger partial charge in [-0.05, 0) is 72.0 Å². The summed E-state index contributed by atoms with van der Waals surface area (Å²) in [5, 5.41) is 12.5. The number of amides is 1. The number of hydrogen-bond acceptors (Lipinski definition) is 4. The van der Waals surface area contributed by atoms with Crippen LogP contribution in [0.15, 0.2) is 138 Å². The van der Waals surface area contributed by atoms with Crippen LogP contribution in [0.3, 0.4) is 0 Å². The Balaban J connectivity index is 1.26. The molecule has 0 aliphatic heterocycles. The van der Waals surface area contributed by atoms with Gasteiger partial charge in [-0.15, -0.1) is 0 Å². The highest BCUT2D eigenvalue weighted by molar-refractivity contribution is 7.89. The first-order chi connectivity index (χ1) is 22.7. The van der Waals surface area contributed by atoms with E-state index in [9.17, 15) is 23.1 Å². The largest absolute Gasteiger partial charge is 0.480 e. The van der Waals surface area contributed by atoms with Crippen LogP contribution in [0.4, 0.5) is 0 Å². The molecule has 5 aromatic rings. The SMILES string of the molecule is Cc1ccc(S(=O)(=O)NC(Cc2ccccc2)C(=O)NC(Cc2ccc(C#Cc3ccc(-c4ccccc4)cc3)cc2)C(=O)O)cc1. The van der Waals surface area contributed by atoms with E-state index in [1.165, 1.54) is 12.1 Å². The van der Waals surface area contributed by atoms with Crippen LogP contribution >= 0.6 is 0 Å². The predicted molar refractivity (Wildman–Crippen MR) is 183 cm³/mol. The number of carboxylic acids is 1. The molecule has 3 N–H and O–H groups in total. The summed E-state index contributed by atoms with van der Waals surface area (Å²) in [6.45, 7) is 1.84. The number of hydrogen-bond donors (Lipinski definition) is 3. The van der Waals surface area contributed by atoms with Gasteiger partial charge in [-0.25, -0.2) is 13.2 Å². The van der Waals surface area contributed by atoms with Gasteiger partial charge in [-0.2, -0.15) is 4.72 Å². The van der Waals surface area contributed by atoms with E-state index in [0.29, 0.717) is 5.56 Å². The maximum absolute atomic E-state index is 13.5. The van der Waals surface area contributed by atoms with Crippen LogP contribution in [0.1, 0.15) is 27.8 Å². The fourth-order valence-electron chi connectivity index (χ4n) is 4.96. The normalized spacial score (nSPS) is 12.3. The highest BCUT2D eigenvalue weighted by atomic mass is 32.2. The first-order valence-electron chi connectivity index (χ1n) is 15.1. The Labute approximate surface area is 275 Å². The second kappa shape index (κ2) is 15.2. The van der Waals surface area contributed by atoms with Crippen molar-refractivity contribution in [2.75, 3.05) is 0 Å². The lowest BCUT2D eigenvalue weighted by Gasteiger charge is -2.22. The van der Waals surface area contributed by atoms with Gasteiger partial charge in [-0.3, -0.25) is 4.79 Å². The van der Waals surface area contributed by atoms with Crippen LogP contribution in [0, 0.1) is 18.8 Å².